The van der Waals surface area contributed by atoms with Crippen LogP contribution in [-0.2, 0) is 6.42 Å². The van der Waals surface area contributed by atoms with E-state index in [1.165, 1.54) is 9.58 Å². The molecule has 0 aliphatic heterocycles. The van der Waals surface area contributed by atoms with Crippen molar-refractivity contribution in [3.8, 4) is 5.95 Å². The van der Waals surface area contributed by atoms with Gasteiger partial charge in [-0.05, 0) is 24.6 Å². The summed E-state index contributed by atoms with van der Waals surface area (Å²) >= 11 is 0. The van der Waals surface area contributed by atoms with E-state index in [4.69, 9.17) is 5.73 Å². The molecule has 7 nitrogen and oxygen atoms in total. The molecule has 2 N–H and O–H groups in total. The van der Waals surface area contributed by atoms with Crippen LogP contribution in [0.3, 0.4) is 0 Å². The molecule has 0 radical (unpaired) electrons. The van der Waals surface area contributed by atoms with Crippen LogP contribution in [0.2, 0.25) is 0 Å². The summed E-state index contributed by atoms with van der Waals surface area (Å²) in [6.45, 7) is 0.561. The summed E-state index contributed by atoms with van der Waals surface area (Å²) < 4.78 is 1.48. The maximum Gasteiger partial charge on any atom is 0.273 e. The molecule has 0 aliphatic carbocycles. The number of nitrogens with two attached hydrogens (primary N) is 1. The standard InChI is InChI=1S/C12H16N6O/c1-17(2)11(19)10-4-6-18(16-10)12-14-7-9(3-5-13)8-15-12/h4,6-8H,3,5,13H2,1-2H3. The number of nitrogens with zero attached hydrogens (tertiary/aromatic N) is 5. The van der Waals surface area contributed by atoms with Gasteiger partial charge in [0.2, 0.25) is 5.95 Å². The average Bonchev–Trinajstić information content (AvgIpc) is 2.88. The molecule has 0 bridgehead atoms. The fourth-order valence-electron chi connectivity index (χ4n) is 1.54. The van der Waals surface area contributed by atoms with Crippen LogP contribution in [0.1, 0.15) is 16.1 Å². The number of aromatic nitrogens is 4. The van der Waals surface area contributed by atoms with E-state index in [0.29, 0.717) is 18.2 Å². The lowest BCUT2D eigenvalue weighted by Gasteiger charge is -2.06. The number of hydrogen-bond donors (Lipinski definition) is 1. The molecule has 0 unspecified atom stereocenters. The highest BCUT2D eigenvalue weighted by molar-refractivity contribution is 5.91. The van der Waals surface area contributed by atoms with Crippen LogP contribution in [0.5, 0.6) is 0 Å². The van der Waals surface area contributed by atoms with Gasteiger partial charge in [0, 0.05) is 32.7 Å². The van der Waals surface area contributed by atoms with Gasteiger partial charge in [-0.1, -0.05) is 0 Å². The van der Waals surface area contributed by atoms with Gasteiger partial charge in [-0.2, -0.15) is 5.10 Å². The summed E-state index contributed by atoms with van der Waals surface area (Å²) in [7, 11) is 3.36. The minimum atomic E-state index is -0.154. The lowest BCUT2D eigenvalue weighted by atomic mass is 10.2. The molecule has 2 aromatic rings. The molecule has 2 rings (SSSR count). The second-order valence-electron chi connectivity index (χ2n) is 4.28. The maximum absolute atomic E-state index is 11.7. The Hall–Kier alpha value is -2.28. The molecule has 19 heavy (non-hydrogen) atoms. The van der Waals surface area contributed by atoms with Crippen LogP contribution in [0, 0.1) is 0 Å². The first kappa shape index (κ1) is 13.2. The van der Waals surface area contributed by atoms with E-state index < -0.39 is 0 Å². The van der Waals surface area contributed by atoms with E-state index in [1.54, 1.807) is 38.8 Å². The Morgan fingerprint density at radius 3 is 2.63 bits per heavy atom. The summed E-state index contributed by atoms with van der Waals surface area (Å²) in [5.41, 5.74) is 6.80. The molecule has 0 spiro atoms. The summed E-state index contributed by atoms with van der Waals surface area (Å²) in [5, 5.41) is 4.15. The van der Waals surface area contributed by atoms with Crippen molar-refractivity contribution < 1.29 is 4.79 Å². The number of carbonyl (C=O) groups is 1. The highest BCUT2D eigenvalue weighted by Crippen LogP contribution is 2.04. The molecule has 2 aromatic heterocycles. The normalized spacial score (nSPS) is 10.5. The number of amides is 1. The molecule has 2 heterocycles. The molecule has 0 saturated carbocycles. The lowest BCUT2D eigenvalue weighted by Crippen LogP contribution is -2.22. The van der Waals surface area contributed by atoms with Gasteiger partial charge in [0.1, 0.15) is 0 Å². The zero-order valence-corrected chi connectivity index (χ0v) is 10.9. The van der Waals surface area contributed by atoms with Crippen molar-refractivity contribution in [1.29, 1.82) is 0 Å². The zero-order valence-electron chi connectivity index (χ0n) is 10.9. The number of hydrogen-bond acceptors (Lipinski definition) is 5. The summed E-state index contributed by atoms with van der Waals surface area (Å²) in [6, 6.07) is 1.64. The van der Waals surface area contributed by atoms with Crippen LogP contribution in [0.25, 0.3) is 5.95 Å². The van der Waals surface area contributed by atoms with Gasteiger partial charge >= 0.3 is 0 Å². The second kappa shape index (κ2) is 5.57. The molecular weight excluding hydrogens is 244 g/mol. The first-order chi connectivity index (χ1) is 9.11. The van der Waals surface area contributed by atoms with Gasteiger partial charge in [0.05, 0.1) is 0 Å². The minimum Gasteiger partial charge on any atom is -0.343 e. The Balaban J connectivity index is 2.20. The van der Waals surface area contributed by atoms with Crippen LogP contribution >= 0.6 is 0 Å². The summed E-state index contributed by atoms with van der Waals surface area (Å²) in [4.78, 5) is 21.6. The quantitative estimate of drug-likeness (QED) is 0.826. The fraction of sp³-hybridized carbons (Fsp3) is 0.333. The third-order valence-electron chi connectivity index (χ3n) is 2.54. The van der Waals surface area contributed by atoms with Crippen molar-refractivity contribution in [2.45, 2.75) is 6.42 Å². The monoisotopic (exact) mass is 260 g/mol. The van der Waals surface area contributed by atoms with Gasteiger partial charge in [-0.3, -0.25) is 4.79 Å². The van der Waals surface area contributed by atoms with Crippen molar-refractivity contribution in [3.05, 3.63) is 35.9 Å². The zero-order chi connectivity index (χ0) is 13.8. The van der Waals surface area contributed by atoms with E-state index in [1.807, 2.05) is 0 Å². The highest BCUT2D eigenvalue weighted by atomic mass is 16.2. The van der Waals surface area contributed by atoms with Crippen LogP contribution in [0.4, 0.5) is 0 Å². The molecule has 0 saturated heterocycles. The molecule has 0 aromatic carbocycles. The van der Waals surface area contributed by atoms with Crippen LogP contribution < -0.4 is 5.73 Å². The summed E-state index contributed by atoms with van der Waals surface area (Å²) in [6.07, 6.45) is 5.83. The van der Waals surface area contributed by atoms with Crippen molar-refractivity contribution >= 4 is 5.91 Å². The molecule has 100 valence electrons. The van der Waals surface area contributed by atoms with Crippen molar-refractivity contribution in [3.63, 3.8) is 0 Å². The van der Waals surface area contributed by atoms with Crippen LogP contribution in [0.15, 0.2) is 24.7 Å². The Labute approximate surface area is 111 Å². The average molecular weight is 260 g/mol. The first-order valence-corrected chi connectivity index (χ1v) is 5.90. The van der Waals surface area contributed by atoms with E-state index in [9.17, 15) is 4.79 Å². The van der Waals surface area contributed by atoms with E-state index in [-0.39, 0.29) is 5.91 Å². The third kappa shape index (κ3) is 2.94. The van der Waals surface area contributed by atoms with E-state index >= 15 is 0 Å². The van der Waals surface area contributed by atoms with Gasteiger partial charge in [0.15, 0.2) is 5.69 Å². The molecule has 0 aliphatic rings. The van der Waals surface area contributed by atoms with Gasteiger partial charge in [-0.15, -0.1) is 0 Å². The third-order valence-corrected chi connectivity index (χ3v) is 2.54. The van der Waals surface area contributed by atoms with Crippen molar-refractivity contribution in [1.82, 2.24) is 24.6 Å². The van der Waals surface area contributed by atoms with Gasteiger partial charge in [0.25, 0.3) is 5.91 Å². The second-order valence-corrected chi connectivity index (χ2v) is 4.28. The fourth-order valence-corrected chi connectivity index (χ4v) is 1.54. The topological polar surface area (TPSA) is 89.9 Å². The highest BCUT2D eigenvalue weighted by Gasteiger charge is 2.12. The SMILES string of the molecule is CN(C)C(=O)c1ccn(-c2ncc(CCN)cn2)n1. The summed E-state index contributed by atoms with van der Waals surface area (Å²) in [5.74, 6) is 0.275. The van der Waals surface area contributed by atoms with Gasteiger partial charge in [-0.25, -0.2) is 14.6 Å². The lowest BCUT2D eigenvalue weighted by molar-refractivity contribution is 0.0821. The number of carbonyl (C=O) groups excluding carboxylic acids is 1. The molecule has 0 fully saturated rings. The Morgan fingerprint density at radius 2 is 2.05 bits per heavy atom. The Morgan fingerprint density at radius 1 is 1.37 bits per heavy atom. The minimum absolute atomic E-state index is 0.154. The molecule has 0 atom stereocenters. The largest absolute Gasteiger partial charge is 0.343 e. The Bertz CT molecular complexity index is 560. The Kier molecular flexibility index (Phi) is 3.86. The predicted molar refractivity (Wildman–Crippen MR) is 69.9 cm³/mol. The van der Waals surface area contributed by atoms with Gasteiger partial charge < -0.3 is 10.6 Å². The van der Waals surface area contributed by atoms with Crippen LogP contribution in [-0.4, -0.2) is 51.2 Å². The first-order valence-electron chi connectivity index (χ1n) is 5.90. The molecule has 1 amide bonds. The maximum atomic E-state index is 11.7. The smallest absolute Gasteiger partial charge is 0.273 e. The van der Waals surface area contributed by atoms with E-state index in [0.717, 1.165) is 12.0 Å². The molecular formula is C12H16N6O. The number of rotatable bonds is 4. The van der Waals surface area contributed by atoms with Crippen molar-refractivity contribution in [2.75, 3.05) is 20.6 Å². The predicted octanol–water partition coefficient (Wildman–Crippen LogP) is -0.135. The van der Waals surface area contributed by atoms with E-state index in [2.05, 4.69) is 15.1 Å². The van der Waals surface area contributed by atoms with Crippen molar-refractivity contribution in [2.24, 2.45) is 5.73 Å². The molecule has 7 heteroatoms.